The van der Waals surface area contributed by atoms with Crippen LogP contribution in [-0.2, 0) is 16.6 Å². The number of urea groups is 1. The van der Waals surface area contributed by atoms with Crippen molar-refractivity contribution in [2.75, 3.05) is 24.3 Å². The molecule has 2 aromatic carbocycles. The van der Waals surface area contributed by atoms with E-state index in [4.69, 9.17) is 4.74 Å². The Bertz CT molecular complexity index is 1160. The molecule has 0 saturated heterocycles. The number of alkyl halides is 2. The van der Waals surface area contributed by atoms with Crippen molar-refractivity contribution in [3.63, 3.8) is 0 Å². The molecule has 3 N–H and O–H groups in total. The lowest BCUT2D eigenvalue weighted by molar-refractivity contribution is -0.0140. The molecule has 0 spiro atoms. The fourth-order valence-electron chi connectivity index (χ4n) is 3.36. The monoisotopic (exact) mass is 493 g/mol. The molecule has 2 aromatic rings. The lowest BCUT2D eigenvalue weighted by Crippen LogP contribution is -2.50. The van der Waals surface area contributed by atoms with Crippen molar-refractivity contribution < 1.29 is 39.9 Å². The Labute approximate surface area is 186 Å². The highest BCUT2D eigenvalue weighted by molar-refractivity contribution is 7.92. The fraction of sp³-hybridized carbons (Fsp3) is 0.350. The number of nitrogens with one attached hydrogen (secondary N) is 3. The summed E-state index contributed by atoms with van der Waals surface area (Å²) in [4.78, 5) is 12.4. The molecule has 7 nitrogen and oxygen atoms in total. The zero-order valence-corrected chi connectivity index (χ0v) is 18.0. The van der Waals surface area contributed by atoms with Gasteiger partial charge in [-0.1, -0.05) is 6.07 Å². The summed E-state index contributed by atoms with van der Waals surface area (Å²) in [5, 5.41) is 4.79. The van der Waals surface area contributed by atoms with E-state index in [1.165, 1.54) is 12.1 Å². The van der Waals surface area contributed by atoms with Crippen LogP contribution < -0.4 is 20.1 Å². The molecule has 0 saturated carbocycles. The number of ether oxygens (including phenoxy) is 1. The smallest absolute Gasteiger partial charge is 0.315 e. The number of carbonyl (C=O) groups excluding carboxylic acids is 1. The van der Waals surface area contributed by atoms with Crippen LogP contribution in [0.1, 0.15) is 23.6 Å². The number of sulfonamides is 1. The molecule has 0 radical (unpaired) electrons. The summed E-state index contributed by atoms with van der Waals surface area (Å²) in [5.41, 5.74) is -2.17. The molecule has 1 heterocycles. The number of hydrogen-bond donors (Lipinski definition) is 3. The molecular weight excluding hydrogens is 473 g/mol. The van der Waals surface area contributed by atoms with Crippen molar-refractivity contribution >= 4 is 21.7 Å². The topological polar surface area (TPSA) is 96.5 Å². The van der Waals surface area contributed by atoms with Gasteiger partial charge in [-0.15, -0.1) is 0 Å². The van der Waals surface area contributed by atoms with Gasteiger partial charge in [-0.25, -0.2) is 35.2 Å². The third kappa shape index (κ3) is 5.83. The van der Waals surface area contributed by atoms with Crippen LogP contribution in [0.4, 0.5) is 32.4 Å². The van der Waals surface area contributed by atoms with E-state index in [0.29, 0.717) is 6.07 Å². The SMILES string of the molecule is CS(=O)(=O)Nc1ccc(CNC(=O)N[C@@H]2CC(CF)(CF)Oc3c(F)cc(F)cc32)cc1F. The third-order valence-corrected chi connectivity index (χ3v) is 5.47. The highest BCUT2D eigenvalue weighted by atomic mass is 32.2. The fourth-order valence-corrected chi connectivity index (χ4v) is 3.92. The van der Waals surface area contributed by atoms with Gasteiger partial charge in [0, 0.05) is 24.6 Å². The predicted octanol–water partition coefficient (Wildman–Crippen LogP) is 3.48. The summed E-state index contributed by atoms with van der Waals surface area (Å²) in [7, 11) is -3.69. The van der Waals surface area contributed by atoms with Crippen LogP contribution in [-0.4, -0.2) is 39.7 Å². The molecule has 13 heteroatoms. The van der Waals surface area contributed by atoms with Gasteiger partial charge in [-0.3, -0.25) is 4.72 Å². The Kier molecular flexibility index (Phi) is 7.00. The maximum Gasteiger partial charge on any atom is 0.315 e. The van der Waals surface area contributed by atoms with Crippen LogP contribution in [0.25, 0.3) is 0 Å². The van der Waals surface area contributed by atoms with E-state index < -0.39 is 70.7 Å². The molecule has 0 unspecified atom stereocenters. The first-order chi connectivity index (χ1) is 15.4. The van der Waals surface area contributed by atoms with Gasteiger partial charge in [0.25, 0.3) is 0 Å². The molecular formula is C20H20F5N3O4S. The average molecular weight is 493 g/mol. The first kappa shape index (κ1) is 24.6. The number of hydrogen-bond acceptors (Lipinski definition) is 4. The molecule has 0 bridgehead atoms. The van der Waals surface area contributed by atoms with Crippen molar-refractivity contribution in [2.45, 2.75) is 24.6 Å². The highest BCUT2D eigenvalue weighted by Crippen LogP contribution is 2.42. The van der Waals surface area contributed by atoms with Gasteiger partial charge in [-0.2, -0.15) is 0 Å². The van der Waals surface area contributed by atoms with Crippen molar-refractivity contribution in [3.8, 4) is 5.75 Å². The van der Waals surface area contributed by atoms with Crippen molar-refractivity contribution in [2.24, 2.45) is 0 Å². The molecule has 2 amide bonds. The average Bonchev–Trinajstić information content (AvgIpc) is 2.73. The number of benzene rings is 2. The minimum absolute atomic E-state index is 0.123. The van der Waals surface area contributed by atoms with E-state index in [-0.39, 0.29) is 23.4 Å². The second kappa shape index (κ2) is 9.41. The third-order valence-electron chi connectivity index (χ3n) is 4.88. The lowest BCUT2D eigenvalue weighted by atomic mass is 9.88. The Morgan fingerprint density at radius 1 is 1.12 bits per heavy atom. The van der Waals surface area contributed by atoms with E-state index in [1.54, 1.807) is 0 Å². The van der Waals surface area contributed by atoms with E-state index in [9.17, 15) is 35.2 Å². The maximum atomic E-state index is 14.2. The van der Waals surface area contributed by atoms with Crippen LogP contribution >= 0.6 is 0 Å². The highest BCUT2D eigenvalue weighted by Gasteiger charge is 2.43. The van der Waals surface area contributed by atoms with Gasteiger partial charge in [0.05, 0.1) is 18.0 Å². The minimum atomic E-state index is -3.69. The first-order valence-corrected chi connectivity index (χ1v) is 11.4. The minimum Gasteiger partial charge on any atom is -0.478 e. The molecule has 33 heavy (non-hydrogen) atoms. The lowest BCUT2D eigenvalue weighted by Gasteiger charge is -2.39. The summed E-state index contributed by atoms with van der Waals surface area (Å²) in [5.74, 6) is -3.56. The van der Waals surface area contributed by atoms with Gasteiger partial charge in [-0.05, 0) is 23.8 Å². The van der Waals surface area contributed by atoms with Gasteiger partial charge < -0.3 is 15.4 Å². The number of amides is 2. The van der Waals surface area contributed by atoms with E-state index in [0.717, 1.165) is 18.4 Å². The summed E-state index contributed by atoms with van der Waals surface area (Å²) in [6, 6.07) is 2.89. The van der Waals surface area contributed by atoms with Crippen LogP contribution in [0.3, 0.4) is 0 Å². The van der Waals surface area contributed by atoms with Crippen molar-refractivity contribution in [3.05, 3.63) is 58.9 Å². The summed E-state index contributed by atoms with van der Waals surface area (Å²) < 4.78 is 98.6. The summed E-state index contributed by atoms with van der Waals surface area (Å²) in [6.45, 7) is -2.83. The molecule has 3 rings (SSSR count). The normalized spacial score (nSPS) is 17.0. The second-order valence-corrected chi connectivity index (χ2v) is 9.38. The van der Waals surface area contributed by atoms with Gasteiger partial charge in [0.2, 0.25) is 10.0 Å². The largest absolute Gasteiger partial charge is 0.478 e. The molecule has 1 aliphatic heterocycles. The van der Waals surface area contributed by atoms with Crippen LogP contribution in [0.2, 0.25) is 0 Å². The molecule has 0 aliphatic carbocycles. The van der Waals surface area contributed by atoms with Gasteiger partial charge in [0.1, 0.15) is 25.0 Å². The predicted molar refractivity (Wildman–Crippen MR) is 109 cm³/mol. The first-order valence-electron chi connectivity index (χ1n) is 9.56. The number of anilines is 1. The number of rotatable bonds is 7. The molecule has 0 fully saturated rings. The Morgan fingerprint density at radius 3 is 2.42 bits per heavy atom. The van der Waals surface area contributed by atoms with E-state index >= 15 is 0 Å². The Hall–Kier alpha value is -3.09. The van der Waals surface area contributed by atoms with Gasteiger partial charge in [0.15, 0.2) is 17.2 Å². The Morgan fingerprint density at radius 2 is 1.82 bits per heavy atom. The van der Waals surface area contributed by atoms with Gasteiger partial charge >= 0.3 is 6.03 Å². The molecule has 1 aliphatic rings. The number of halogens is 5. The molecule has 0 aromatic heterocycles. The maximum absolute atomic E-state index is 14.2. The standard InChI is InChI=1S/C20H20F5N3O4S/c1-33(30,31)28-16-3-2-11(4-14(16)24)8-26-19(29)27-17-7-20(9-21,10-22)32-18-13(17)5-12(23)6-15(18)25/h2-6,17,28H,7-10H2,1H3,(H2,26,27,29)/t17-/m1/s1. The van der Waals surface area contributed by atoms with Crippen LogP contribution in [0.15, 0.2) is 30.3 Å². The van der Waals surface area contributed by atoms with Crippen LogP contribution in [0, 0.1) is 17.5 Å². The van der Waals surface area contributed by atoms with Crippen molar-refractivity contribution in [1.29, 1.82) is 0 Å². The summed E-state index contributed by atoms with van der Waals surface area (Å²) >= 11 is 0. The Balaban J connectivity index is 1.73. The number of carbonyl (C=O) groups is 1. The summed E-state index contributed by atoms with van der Waals surface area (Å²) in [6.07, 6.45) is 0.433. The zero-order valence-electron chi connectivity index (χ0n) is 17.2. The molecule has 1 atom stereocenters. The number of fused-ring (bicyclic) bond motifs is 1. The molecule has 180 valence electrons. The van der Waals surface area contributed by atoms with Crippen LogP contribution in [0.5, 0.6) is 5.75 Å². The quantitative estimate of drug-likeness (QED) is 0.515. The zero-order chi connectivity index (χ0) is 24.4. The second-order valence-electron chi connectivity index (χ2n) is 7.63. The van der Waals surface area contributed by atoms with Crippen molar-refractivity contribution in [1.82, 2.24) is 10.6 Å². The van der Waals surface area contributed by atoms with E-state index in [2.05, 4.69) is 10.6 Å². The van der Waals surface area contributed by atoms with E-state index in [1.807, 2.05) is 4.72 Å².